The van der Waals surface area contributed by atoms with Gasteiger partial charge in [-0.15, -0.1) is 4.91 Å². The molecular formula is C11H16N4O6. The number of hydrogen-bond acceptors (Lipinski definition) is 7. The number of aromatic amines is 1. The van der Waals surface area contributed by atoms with Crippen LogP contribution in [0.2, 0.25) is 0 Å². The zero-order valence-corrected chi connectivity index (χ0v) is 11.3. The highest BCUT2D eigenvalue weighted by Crippen LogP contribution is 2.27. The molecule has 0 aromatic carbocycles. The van der Waals surface area contributed by atoms with E-state index in [2.05, 4.69) is 10.3 Å². The van der Waals surface area contributed by atoms with Gasteiger partial charge in [-0.05, 0) is 0 Å². The number of rotatable bonds is 5. The summed E-state index contributed by atoms with van der Waals surface area (Å²) in [5.41, 5.74) is -1.16. The summed E-state index contributed by atoms with van der Waals surface area (Å²) in [4.78, 5) is 36.0. The largest absolute Gasteiger partial charge is 0.394 e. The molecule has 1 aromatic heterocycles. The van der Waals surface area contributed by atoms with Gasteiger partial charge in [-0.1, -0.05) is 0 Å². The van der Waals surface area contributed by atoms with Gasteiger partial charge in [-0.3, -0.25) is 19.4 Å². The van der Waals surface area contributed by atoms with E-state index in [4.69, 9.17) is 9.84 Å². The van der Waals surface area contributed by atoms with Gasteiger partial charge in [0.2, 0.25) is 0 Å². The van der Waals surface area contributed by atoms with E-state index >= 15 is 0 Å². The first-order valence-electron chi connectivity index (χ1n) is 6.29. The van der Waals surface area contributed by atoms with Gasteiger partial charge in [0.05, 0.1) is 30.1 Å². The van der Waals surface area contributed by atoms with E-state index in [1.807, 2.05) is 0 Å². The molecule has 10 nitrogen and oxygen atoms in total. The van der Waals surface area contributed by atoms with E-state index in [1.165, 1.54) is 13.2 Å². The molecule has 10 heteroatoms. The summed E-state index contributed by atoms with van der Waals surface area (Å²) in [6.07, 6.45) is -1.11. The second-order valence-corrected chi connectivity index (χ2v) is 4.83. The van der Waals surface area contributed by atoms with Gasteiger partial charge in [0.15, 0.2) is 0 Å². The molecule has 116 valence electrons. The van der Waals surface area contributed by atoms with Crippen LogP contribution in [0, 0.1) is 4.91 Å². The first kappa shape index (κ1) is 15.4. The van der Waals surface area contributed by atoms with E-state index in [9.17, 15) is 19.6 Å². The third-order valence-electron chi connectivity index (χ3n) is 3.27. The second kappa shape index (κ2) is 6.16. The Balaban J connectivity index is 2.32. The fourth-order valence-electron chi connectivity index (χ4n) is 2.18. The quantitative estimate of drug-likeness (QED) is 0.435. The lowest BCUT2D eigenvalue weighted by Gasteiger charge is -2.16. The molecule has 0 amide bonds. The van der Waals surface area contributed by atoms with E-state index in [0.29, 0.717) is 0 Å². The van der Waals surface area contributed by atoms with Crippen molar-refractivity contribution in [3.05, 3.63) is 37.5 Å². The fourth-order valence-corrected chi connectivity index (χ4v) is 2.18. The van der Waals surface area contributed by atoms with Crippen LogP contribution in [0.25, 0.3) is 0 Å². The van der Waals surface area contributed by atoms with Crippen LogP contribution in [-0.4, -0.2) is 50.6 Å². The summed E-state index contributed by atoms with van der Waals surface area (Å²) in [5, 5.41) is 22.4. The van der Waals surface area contributed by atoms with Gasteiger partial charge in [-0.2, -0.15) is 0 Å². The maximum atomic E-state index is 11.8. The standard InChI is InChI=1S/C11H16N4O6/c1-14(13-20)3-6-4-15(11(19)12-10(6)18)9-2-7(17)8(5-16)21-9/h4,7-9,16-17H,2-3,5H2,1H3,(H,12,18,19)/t7-,8+,9-/m1/s1. The molecule has 1 aliphatic heterocycles. The van der Waals surface area contributed by atoms with Gasteiger partial charge in [0.1, 0.15) is 12.3 Å². The minimum Gasteiger partial charge on any atom is -0.394 e. The smallest absolute Gasteiger partial charge is 0.330 e. The molecule has 1 saturated heterocycles. The number of nitrogens with one attached hydrogen (secondary N) is 1. The Labute approximate surface area is 118 Å². The van der Waals surface area contributed by atoms with E-state index in [0.717, 1.165) is 9.58 Å². The van der Waals surface area contributed by atoms with Crippen molar-refractivity contribution in [2.45, 2.75) is 31.4 Å². The monoisotopic (exact) mass is 300 g/mol. The lowest BCUT2D eigenvalue weighted by molar-refractivity contribution is -0.0460. The highest BCUT2D eigenvalue weighted by Gasteiger charge is 2.35. The van der Waals surface area contributed by atoms with Gasteiger partial charge in [0.25, 0.3) is 5.56 Å². The van der Waals surface area contributed by atoms with Crippen LogP contribution in [0.5, 0.6) is 0 Å². The summed E-state index contributed by atoms with van der Waals surface area (Å²) in [6, 6.07) is 0. The molecule has 0 saturated carbocycles. The van der Waals surface area contributed by atoms with Crippen LogP contribution in [0.4, 0.5) is 0 Å². The number of nitrogens with zero attached hydrogens (tertiary/aromatic N) is 3. The first-order chi connectivity index (χ1) is 9.96. The van der Waals surface area contributed by atoms with E-state index in [1.54, 1.807) is 0 Å². The molecule has 0 bridgehead atoms. The topological polar surface area (TPSA) is 137 Å². The van der Waals surface area contributed by atoms with Crippen LogP contribution in [-0.2, 0) is 11.3 Å². The number of hydrogen-bond donors (Lipinski definition) is 3. The second-order valence-electron chi connectivity index (χ2n) is 4.83. The van der Waals surface area contributed by atoms with E-state index in [-0.39, 0.29) is 25.1 Å². The third-order valence-corrected chi connectivity index (χ3v) is 3.27. The lowest BCUT2D eigenvalue weighted by Crippen LogP contribution is -2.35. The minimum absolute atomic E-state index is 0.0716. The maximum absolute atomic E-state index is 11.8. The lowest BCUT2D eigenvalue weighted by atomic mass is 10.2. The highest BCUT2D eigenvalue weighted by molar-refractivity contribution is 5.05. The number of H-pyrrole nitrogens is 1. The molecule has 3 N–H and O–H groups in total. The fraction of sp³-hybridized carbons (Fsp3) is 0.636. The summed E-state index contributed by atoms with van der Waals surface area (Å²) in [7, 11) is 1.39. The van der Waals surface area contributed by atoms with Gasteiger partial charge in [0, 0.05) is 19.7 Å². The summed E-state index contributed by atoms with van der Waals surface area (Å²) in [5.74, 6) is 0. The summed E-state index contributed by atoms with van der Waals surface area (Å²) < 4.78 is 6.48. The van der Waals surface area contributed by atoms with Crippen LogP contribution < -0.4 is 11.2 Å². The zero-order valence-electron chi connectivity index (χ0n) is 11.3. The Morgan fingerprint density at radius 2 is 2.29 bits per heavy atom. The Morgan fingerprint density at radius 3 is 2.86 bits per heavy atom. The SMILES string of the molecule is CN(Cc1cn([C@H]2C[C@@H](O)[C@H](CO)O2)c(=O)[nH]c1=O)N=O. The Hall–Kier alpha value is -2.04. The number of aromatic nitrogens is 2. The van der Waals surface area contributed by atoms with Crippen LogP contribution in [0.15, 0.2) is 21.1 Å². The molecule has 1 fully saturated rings. The Bertz CT molecular complexity index is 626. The molecule has 0 radical (unpaired) electrons. The average molecular weight is 300 g/mol. The number of nitroso groups, excluding NO2 is 1. The predicted octanol–water partition coefficient (Wildman–Crippen LogP) is -1.71. The van der Waals surface area contributed by atoms with Crippen molar-refractivity contribution in [3.8, 4) is 0 Å². The maximum Gasteiger partial charge on any atom is 0.330 e. The van der Waals surface area contributed by atoms with Gasteiger partial charge >= 0.3 is 5.69 Å². The van der Waals surface area contributed by atoms with Crippen LogP contribution in [0.3, 0.4) is 0 Å². The molecule has 3 atom stereocenters. The van der Waals surface area contributed by atoms with Crippen LogP contribution >= 0.6 is 0 Å². The third kappa shape index (κ3) is 3.17. The highest BCUT2D eigenvalue weighted by atomic mass is 16.5. The number of ether oxygens (including phenoxy) is 1. The van der Waals surface area contributed by atoms with Crippen molar-refractivity contribution in [1.82, 2.24) is 14.6 Å². The predicted molar refractivity (Wildman–Crippen MR) is 70.2 cm³/mol. The molecule has 1 aliphatic rings. The number of aliphatic hydroxyl groups is 2. The van der Waals surface area contributed by atoms with Crippen molar-refractivity contribution in [1.29, 1.82) is 0 Å². The van der Waals surface area contributed by atoms with Gasteiger partial charge in [-0.25, -0.2) is 4.79 Å². The molecule has 2 rings (SSSR count). The average Bonchev–Trinajstić information content (AvgIpc) is 2.82. The normalized spacial score (nSPS) is 25.0. The summed E-state index contributed by atoms with van der Waals surface area (Å²) >= 11 is 0. The van der Waals surface area contributed by atoms with Crippen molar-refractivity contribution < 1.29 is 14.9 Å². The number of aliphatic hydroxyl groups excluding tert-OH is 2. The Kier molecular flexibility index (Phi) is 4.50. The van der Waals surface area contributed by atoms with Crippen molar-refractivity contribution >= 4 is 0 Å². The molecule has 0 aliphatic carbocycles. The molecular weight excluding hydrogens is 284 g/mol. The molecule has 0 spiro atoms. The van der Waals surface area contributed by atoms with Crippen molar-refractivity contribution in [2.24, 2.45) is 5.29 Å². The minimum atomic E-state index is -0.901. The van der Waals surface area contributed by atoms with Gasteiger partial charge < -0.3 is 14.9 Å². The van der Waals surface area contributed by atoms with Crippen molar-refractivity contribution in [2.75, 3.05) is 13.7 Å². The Morgan fingerprint density at radius 1 is 1.57 bits per heavy atom. The molecule has 2 heterocycles. The van der Waals surface area contributed by atoms with Crippen molar-refractivity contribution in [3.63, 3.8) is 0 Å². The summed E-state index contributed by atoms with van der Waals surface area (Å²) in [6.45, 7) is -0.446. The molecule has 0 unspecified atom stereocenters. The van der Waals surface area contributed by atoms with Crippen LogP contribution in [0.1, 0.15) is 18.2 Å². The zero-order chi connectivity index (χ0) is 15.6. The molecule has 21 heavy (non-hydrogen) atoms. The molecule has 1 aromatic rings. The first-order valence-corrected chi connectivity index (χ1v) is 6.29. The van der Waals surface area contributed by atoms with E-state index < -0.39 is 29.7 Å².